The summed E-state index contributed by atoms with van der Waals surface area (Å²) in [5.74, 6) is 1.07. The molecule has 5 nitrogen and oxygen atoms in total. The Morgan fingerprint density at radius 3 is 2.74 bits per heavy atom. The zero-order valence-electron chi connectivity index (χ0n) is 15.6. The van der Waals surface area contributed by atoms with Gasteiger partial charge in [0.15, 0.2) is 0 Å². The van der Waals surface area contributed by atoms with Crippen LogP contribution >= 0.6 is 11.8 Å². The van der Waals surface area contributed by atoms with Crippen molar-refractivity contribution in [1.82, 2.24) is 0 Å². The minimum absolute atomic E-state index is 0.146. The lowest BCUT2D eigenvalue weighted by atomic mass is 10.1. The molecule has 1 atom stereocenters. The quantitative estimate of drug-likeness (QED) is 0.527. The van der Waals surface area contributed by atoms with Gasteiger partial charge in [0.2, 0.25) is 5.91 Å². The third-order valence-electron chi connectivity index (χ3n) is 3.71. The third-order valence-corrected chi connectivity index (χ3v) is 4.89. The number of carbonyl (C=O) groups is 1. The number of nitrogens with one attached hydrogen (secondary N) is 1. The van der Waals surface area contributed by atoms with Gasteiger partial charge in [-0.05, 0) is 30.3 Å². The minimum Gasteiger partial charge on any atom is -0.497 e. The highest BCUT2D eigenvalue weighted by atomic mass is 32.2. The number of para-hydroxylation sites is 1. The molecule has 2 aromatic carbocycles. The molecule has 1 amide bonds. The van der Waals surface area contributed by atoms with Gasteiger partial charge < -0.3 is 14.8 Å². The average molecular weight is 382 g/mol. The van der Waals surface area contributed by atoms with E-state index in [0.29, 0.717) is 17.9 Å². The van der Waals surface area contributed by atoms with E-state index in [1.807, 2.05) is 43.3 Å². The molecule has 0 aliphatic heterocycles. The van der Waals surface area contributed by atoms with Crippen molar-refractivity contribution >= 4 is 29.4 Å². The zero-order valence-corrected chi connectivity index (χ0v) is 16.4. The molecule has 0 heterocycles. The Kier molecular flexibility index (Phi) is 7.78. The van der Waals surface area contributed by atoms with E-state index in [9.17, 15) is 4.79 Å². The molecule has 0 aliphatic carbocycles. The van der Waals surface area contributed by atoms with Gasteiger partial charge in [-0.25, -0.2) is 0 Å². The number of anilines is 1. The van der Waals surface area contributed by atoms with Crippen LogP contribution < -0.4 is 14.8 Å². The van der Waals surface area contributed by atoms with Gasteiger partial charge in [-0.1, -0.05) is 19.1 Å². The molecule has 0 radical (unpaired) electrons. The third kappa shape index (κ3) is 6.08. The van der Waals surface area contributed by atoms with Gasteiger partial charge in [-0.15, -0.1) is 11.8 Å². The maximum atomic E-state index is 12.3. The molecule has 6 heteroatoms. The van der Waals surface area contributed by atoms with Crippen LogP contribution in [0.15, 0.2) is 53.4 Å². The highest BCUT2D eigenvalue weighted by Crippen LogP contribution is 2.31. The minimum atomic E-state index is -0.242. The molecule has 0 saturated carbocycles. The van der Waals surface area contributed by atoms with Crippen molar-refractivity contribution < 1.29 is 14.3 Å². The average Bonchev–Trinajstić information content (AvgIpc) is 2.68. The largest absolute Gasteiger partial charge is 0.497 e. The van der Waals surface area contributed by atoms with Crippen molar-refractivity contribution in [2.24, 2.45) is 0 Å². The molecule has 27 heavy (non-hydrogen) atoms. The number of nitrogens with zero attached hydrogens (tertiary/aromatic N) is 1. The second kappa shape index (κ2) is 10.3. The molecular weight excluding hydrogens is 360 g/mol. The fourth-order valence-corrected chi connectivity index (χ4v) is 3.35. The molecule has 0 aromatic heterocycles. The van der Waals surface area contributed by atoms with Crippen molar-refractivity contribution in [3.63, 3.8) is 0 Å². The molecule has 0 bridgehead atoms. The SMILES string of the molecule is COc1ccc(C=CC(=O)Nc2ccccc2SC(C)CC#N)c(OC)c1. The first-order chi connectivity index (χ1) is 13.1. The van der Waals surface area contributed by atoms with Crippen LogP contribution in [0.1, 0.15) is 18.9 Å². The lowest BCUT2D eigenvalue weighted by molar-refractivity contribution is -0.111. The first-order valence-electron chi connectivity index (χ1n) is 8.41. The summed E-state index contributed by atoms with van der Waals surface area (Å²) >= 11 is 1.57. The number of ether oxygens (including phenoxy) is 2. The summed E-state index contributed by atoms with van der Waals surface area (Å²) in [7, 11) is 3.16. The van der Waals surface area contributed by atoms with Gasteiger partial charge in [0.05, 0.1) is 26.0 Å². The molecule has 2 rings (SSSR count). The summed E-state index contributed by atoms with van der Waals surface area (Å²) in [6.45, 7) is 1.99. The van der Waals surface area contributed by atoms with Gasteiger partial charge in [0, 0.05) is 34.3 Å². The monoisotopic (exact) mass is 382 g/mol. The van der Waals surface area contributed by atoms with Gasteiger partial charge in [0.25, 0.3) is 0 Å². The van der Waals surface area contributed by atoms with Crippen molar-refractivity contribution in [2.75, 3.05) is 19.5 Å². The Hall–Kier alpha value is -2.91. The Bertz CT molecular complexity index is 859. The summed E-state index contributed by atoms with van der Waals surface area (Å²) in [6, 6.07) is 15.1. The standard InChI is InChI=1S/C21H22N2O3S/c1-15(12-13-22)27-20-7-5-4-6-18(20)23-21(24)11-9-16-8-10-17(25-2)14-19(16)26-3/h4-11,14-15H,12H2,1-3H3,(H,23,24). The number of amides is 1. The molecule has 0 spiro atoms. The number of rotatable bonds is 8. The molecule has 0 aliphatic rings. The summed E-state index contributed by atoms with van der Waals surface area (Å²) in [5, 5.41) is 11.9. The van der Waals surface area contributed by atoms with E-state index in [0.717, 1.165) is 16.1 Å². The summed E-state index contributed by atoms with van der Waals surface area (Å²) in [4.78, 5) is 13.3. The van der Waals surface area contributed by atoms with E-state index in [-0.39, 0.29) is 11.2 Å². The lowest BCUT2D eigenvalue weighted by Gasteiger charge is -2.12. The Balaban J connectivity index is 2.10. The molecular formula is C21H22N2O3S. The van der Waals surface area contributed by atoms with E-state index < -0.39 is 0 Å². The Morgan fingerprint density at radius 1 is 1.26 bits per heavy atom. The number of thioether (sulfide) groups is 1. The Labute approximate surface area is 164 Å². The number of hydrogen-bond donors (Lipinski definition) is 1. The zero-order chi connectivity index (χ0) is 19.6. The second-order valence-corrected chi connectivity index (χ2v) is 7.20. The number of benzene rings is 2. The van der Waals surface area contributed by atoms with E-state index in [4.69, 9.17) is 14.7 Å². The van der Waals surface area contributed by atoms with Crippen LogP contribution in [0, 0.1) is 11.3 Å². The van der Waals surface area contributed by atoms with Gasteiger partial charge in [-0.2, -0.15) is 5.26 Å². The van der Waals surface area contributed by atoms with Gasteiger partial charge in [0.1, 0.15) is 11.5 Å². The molecule has 2 aromatic rings. The molecule has 1 unspecified atom stereocenters. The van der Waals surface area contributed by atoms with Crippen LogP contribution in [-0.2, 0) is 4.79 Å². The lowest BCUT2D eigenvalue weighted by Crippen LogP contribution is -2.09. The molecule has 140 valence electrons. The van der Waals surface area contributed by atoms with E-state index >= 15 is 0 Å². The highest BCUT2D eigenvalue weighted by Gasteiger charge is 2.10. The molecule has 1 N–H and O–H groups in total. The van der Waals surface area contributed by atoms with Crippen molar-refractivity contribution in [3.8, 4) is 17.6 Å². The van der Waals surface area contributed by atoms with Gasteiger partial charge >= 0.3 is 0 Å². The van der Waals surface area contributed by atoms with Crippen LogP contribution in [0.4, 0.5) is 5.69 Å². The van der Waals surface area contributed by atoms with E-state index in [1.165, 1.54) is 6.08 Å². The fourth-order valence-electron chi connectivity index (χ4n) is 2.36. The maximum absolute atomic E-state index is 12.3. The fraction of sp³-hybridized carbons (Fsp3) is 0.238. The van der Waals surface area contributed by atoms with Crippen molar-refractivity contribution in [3.05, 3.63) is 54.1 Å². The predicted octanol–water partition coefficient (Wildman–Crippen LogP) is 4.75. The normalized spacial score (nSPS) is 11.6. The van der Waals surface area contributed by atoms with Gasteiger partial charge in [-0.3, -0.25) is 4.79 Å². The number of methoxy groups -OCH3 is 2. The first-order valence-corrected chi connectivity index (χ1v) is 9.29. The van der Waals surface area contributed by atoms with Crippen molar-refractivity contribution in [2.45, 2.75) is 23.5 Å². The van der Waals surface area contributed by atoms with Crippen molar-refractivity contribution in [1.29, 1.82) is 5.26 Å². The highest BCUT2D eigenvalue weighted by molar-refractivity contribution is 8.00. The van der Waals surface area contributed by atoms with Crippen LogP contribution in [0.5, 0.6) is 11.5 Å². The topological polar surface area (TPSA) is 71.3 Å². The van der Waals surface area contributed by atoms with Crippen LogP contribution in [0.2, 0.25) is 0 Å². The van der Waals surface area contributed by atoms with E-state index in [1.54, 1.807) is 38.1 Å². The predicted molar refractivity (Wildman–Crippen MR) is 109 cm³/mol. The summed E-state index contributed by atoms with van der Waals surface area (Å²) in [6.07, 6.45) is 3.61. The number of carbonyl (C=O) groups excluding carboxylic acids is 1. The van der Waals surface area contributed by atoms with E-state index in [2.05, 4.69) is 11.4 Å². The van der Waals surface area contributed by atoms with Crippen LogP contribution in [0.25, 0.3) is 6.08 Å². The number of hydrogen-bond acceptors (Lipinski definition) is 5. The second-order valence-electron chi connectivity index (χ2n) is 5.72. The smallest absolute Gasteiger partial charge is 0.248 e. The number of nitriles is 1. The summed E-state index contributed by atoms with van der Waals surface area (Å²) < 4.78 is 10.5. The Morgan fingerprint density at radius 2 is 2.04 bits per heavy atom. The van der Waals surface area contributed by atoms with Crippen LogP contribution in [-0.4, -0.2) is 25.4 Å². The maximum Gasteiger partial charge on any atom is 0.248 e. The molecule has 0 saturated heterocycles. The summed E-state index contributed by atoms with van der Waals surface area (Å²) in [5.41, 5.74) is 1.50. The van der Waals surface area contributed by atoms with Crippen LogP contribution in [0.3, 0.4) is 0 Å². The molecule has 0 fully saturated rings. The first kappa shape index (κ1) is 20.4.